The molecule has 0 unspecified atom stereocenters. The van der Waals surface area contributed by atoms with Gasteiger partial charge in [0.1, 0.15) is 18.2 Å². The van der Waals surface area contributed by atoms with Crippen molar-refractivity contribution in [3.63, 3.8) is 0 Å². The molecule has 1 aromatic heterocycles. The number of imidazole rings is 1. The summed E-state index contributed by atoms with van der Waals surface area (Å²) in [7, 11) is 3.44. The molecule has 0 aliphatic rings. The Hall–Kier alpha value is -2.59. The minimum atomic E-state index is 0. The second-order valence-electron chi connectivity index (χ2n) is 7.50. The van der Waals surface area contributed by atoms with Crippen LogP contribution in [0.15, 0.2) is 65.9 Å². The summed E-state index contributed by atoms with van der Waals surface area (Å²) in [6.07, 6.45) is 4.83. The van der Waals surface area contributed by atoms with E-state index in [0.717, 1.165) is 35.7 Å². The van der Waals surface area contributed by atoms with Crippen molar-refractivity contribution in [1.29, 1.82) is 0 Å². The zero-order valence-electron chi connectivity index (χ0n) is 19.6. The Morgan fingerprint density at radius 3 is 2.61 bits per heavy atom. The van der Waals surface area contributed by atoms with Gasteiger partial charge in [0.25, 0.3) is 0 Å². The second kappa shape index (κ2) is 14.5. The molecule has 0 bridgehead atoms. The van der Waals surface area contributed by atoms with E-state index in [1.807, 2.05) is 24.5 Å². The van der Waals surface area contributed by atoms with Gasteiger partial charge in [-0.25, -0.2) is 4.98 Å². The Bertz CT molecular complexity index is 991. The molecule has 1 heterocycles. The number of aliphatic imine (C=N–C) groups is 1. The number of ether oxygens (including phenoxy) is 2. The molecule has 0 radical (unpaired) electrons. The maximum absolute atomic E-state index is 5.88. The zero-order chi connectivity index (χ0) is 22.6. The summed E-state index contributed by atoms with van der Waals surface area (Å²) in [6, 6.07) is 16.7. The molecule has 178 valence electrons. The third-order valence-electron chi connectivity index (χ3n) is 5.14. The Morgan fingerprint density at radius 1 is 1.06 bits per heavy atom. The van der Waals surface area contributed by atoms with Gasteiger partial charge in [-0.3, -0.25) is 4.99 Å². The predicted octanol–water partition coefficient (Wildman–Crippen LogP) is 3.94. The average Bonchev–Trinajstić information content (AvgIpc) is 3.27. The lowest BCUT2D eigenvalue weighted by Gasteiger charge is -2.16. The number of nitrogens with zero attached hydrogens (tertiary/aromatic N) is 3. The maximum Gasteiger partial charge on any atom is 0.191 e. The SMILES string of the molecule is CN=C(NCc1ccc(C)cc1OCCOC)NCc1nccn1CCc1ccccc1.I. The number of rotatable bonds is 11. The monoisotopic (exact) mass is 563 g/mol. The molecule has 2 N–H and O–H groups in total. The first-order chi connectivity index (χ1) is 15.7. The van der Waals surface area contributed by atoms with E-state index in [1.54, 1.807) is 14.2 Å². The second-order valence-corrected chi connectivity index (χ2v) is 7.50. The highest BCUT2D eigenvalue weighted by atomic mass is 127. The summed E-state index contributed by atoms with van der Waals surface area (Å²) in [5, 5.41) is 6.72. The van der Waals surface area contributed by atoms with Crippen LogP contribution in [0, 0.1) is 6.92 Å². The van der Waals surface area contributed by atoms with Crippen LogP contribution < -0.4 is 15.4 Å². The van der Waals surface area contributed by atoms with E-state index in [-0.39, 0.29) is 24.0 Å². The summed E-state index contributed by atoms with van der Waals surface area (Å²) in [6.45, 7) is 5.21. The van der Waals surface area contributed by atoms with Crippen LogP contribution in [0.25, 0.3) is 0 Å². The van der Waals surface area contributed by atoms with Crippen LogP contribution in [0.5, 0.6) is 5.75 Å². The van der Waals surface area contributed by atoms with Crippen molar-refractivity contribution in [2.75, 3.05) is 27.4 Å². The first-order valence-corrected chi connectivity index (χ1v) is 10.9. The Kier molecular flexibility index (Phi) is 11.7. The van der Waals surface area contributed by atoms with Crippen LogP contribution >= 0.6 is 24.0 Å². The zero-order valence-corrected chi connectivity index (χ0v) is 21.9. The molecule has 0 fully saturated rings. The fourth-order valence-corrected chi connectivity index (χ4v) is 3.34. The van der Waals surface area contributed by atoms with Crippen molar-refractivity contribution >= 4 is 29.9 Å². The summed E-state index contributed by atoms with van der Waals surface area (Å²) in [4.78, 5) is 8.85. The molecule has 33 heavy (non-hydrogen) atoms. The number of aromatic nitrogens is 2. The molecule has 0 aliphatic carbocycles. The highest BCUT2D eigenvalue weighted by Gasteiger charge is 2.08. The molecule has 0 spiro atoms. The van der Waals surface area contributed by atoms with Crippen molar-refractivity contribution in [2.24, 2.45) is 4.99 Å². The molecule has 0 atom stereocenters. The topological polar surface area (TPSA) is 72.7 Å². The normalized spacial score (nSPS) is 11.1. The van der Waals surface area contributed by atoms with Gasteiger partial charge in [0, 0.05) is 45.2 Å². The predicted molar refractivity (Wildman–Crippen MR) is 143 cm³/mol. The molecular weight excluding hydrogens is 529 g/mol. The highest BCUT2D eigenvalue weighted by molar-refractivity contribution is 14.0. The van der Waals surface area contributed by atoms with E-state index in [1.165, 1.54) is 5.56 Å². The van der Waals surface area contributed by atoms with Gasteiger partial charge in [-0.05, 0) is 30.5 Å². The molecule has 7 nitrogen and oxygen atoms in total. The number of hydrogen-bond acceptors (Lipinski definition) is 4. The molecule has 2 aromatic carbocycles. The molecular formula is C25H34IN5O2. The Labute approximate surface area is 213 Å². The van der Waals surface area contributed by atoms with Gasteiger partial charge < -0.3 is 24.7 Å². The van der Waals surface area contributed by atoms with Gasteiger partial charge in [-0.2, -0.15) is 0 Å². The highest BCUT2D eigenvalue weighted by Crippen LogP contribution is 2.20. The summed E-state index contributed by atoms with van der Waals surface area (Å²) >= 11 is 0. The van der Waals surface area contributed by atoms with Crippen LogP contribution in [0.4, 0.5) is 0 Å². The van der Waals surface area contributed by atoms with Crippen molar-refractivity contribution in [3.8, 4) is 5.75 Å². The van der Waals surface area contributed by atoms with Gasteiger partial charge >= 0.3 is 0 Å². The smallest absolute Gasteiger partial charge is 0.191 e. The molecule has 3 rings (SSSR count). The Balaban J connectivity index is 0.00000385. The van der Waals surface area contributed by atoms with Crippen molar-refractivity contribution in [1.82, 2.24) is 20.2 Å². The first-order valence-electron chi connectivity index (χ1n) is 10.9. The third-order valence-corrected chi connectivity index (χ3v) is 5.14. The van der Waals surface area contributed by atoms with E-state index < -0.39 is 0 Å². The van der Waals surface area contributed by atoms with E-state index >= 15 is 0 Å². The van der Waals surface area contributed by atoms with E-state index in [9.17, 15) is 0 Å². The Morgan fingerprint density at radius 2 is 1.85 bits per heavy atom. The number of methoxy groups -OCH3 is 1. The molecule has 0 saturated carbocycles. The van der Waals surface area contributed by atoms with Gasteiger partial charge in [0.05, 0.1) is 13.2 Å². The molecule has 0 aliphatic heterocycles. The van der Waals surface area contributed by atoms with Gasteiger partial charge in [-0.15, -0.1) is 24.0 Å². The van der Waals surface area contributed by atoms with Crippen LogP contribution in [-0.4, -0.2) is 42.9 Å². The molecule has 0 amide bonds. The lowest BCUT2D eigenvalue weighted by atomic mass is 10.1. The average molecular weight is 563 g/mol. The van der Waals surface area contributed by atoms with Crippen molar-refractivity contribution in [3.05, 3.63) is 83.4 Å². The van der Waals surface area contributed by atoms with Crippen molar-refractivity contribution < 1.29 is 9.47 Å². The third kappa shape index (κ3) is 8.70. The first kappa shape index (κ1) is 26.7. The minimum Gasteiger partial charge on any atom is -0.491 e. The van der Waals surface area contributed by atoms with Gasteiger partial charge in [-0.1, -0.05) is 42.5 Å². The van der Waals surface area contributed by atoms with Crippen LogP contribution in [0.3, 0.4) is 0 Å². The standard InChI is InChI=1S/C25H33N5O2.HI/c1-20-9-10-22(23(17-20)32-16-15-31-3)18-28-25(26-2)29-19-24-27-12-14-30(24)13-11-21-7-5-4-6-8-21;/h4-10,12,14,17H,11,13,15-16,18-19H2,1-3H3,(H2,26,28,29);1H. The lowest BCUT2D eigenvalue weighted by Crippen LogP contribution is -2.37. The minimum absolute atomic E-state index is 0. The fraction of sp³-hybridized carbons (Fsp3) is 0.360. The summed E-state index contributed by atoms with van der Waals surface area (Å²) < 4.78 is 13.2. The van der Waals surface area contributed by atoms with E-state index in [0.29, 0.717) is 32.3 Å². The number of guanidine groups is 1. The molecule has 8 heteroatoms. The lowest BCUT2D eigenvalue weighted by molar-refractivity contribution is 0.145. The van der Waals surface area contributed by atoms with Crippen LogP contribution in [0.1, 0.15) is 22.5 Å². The maximum atomic E-state index is 5.88. The number of halogens is 1. The van der Waals surface area contributed by atoms with Gasteiger partial charge in [0.15, 0.2) is 5.96 Å². The summed E-state index contributed by atoms with van der Waals surface area (Å²) in [5.41, 5.74) is 3.55. The fourth-order valence-electron chi connectivity index (χ4n) is 3.34. The molecule has 0 saturated heterocycles. The van der Waals surface area contributed by atoms with Crippen molar-refractivity contribution in [2.45, 2.75) is 33.0 Å². The number of hydrogen-bond donors (Lipinski definition) is 2. The number of nitrogens with one attached hydrogen (secondary N) is 2. The van der Waals surface area contributed by atoms with Crippen LogP contribution in [-0.2, 0) is 30.8 Å². The van der Waals surface area contributed by atoms with E-state index in [4.69, 9.17) is 9.47 Å². The van der Waals surface area contributed by atoms with Gasteiger partial charge in [0.2, 0.25) is 0 Å². The number of aryl methyl sites for hydroxylation is 3. The largest absolute Gasteiger partial charge is 0.491 e. The molecule has 3 aromatic rings. The van der Waals surface area contributed by atoms with Crippen LogP contribution in [0.2, 0.25) is 0 Å². The number of benzene rings is 2. The van der Waals surface area contributed by atoms with E-state index in [2.05, 4.69) is 68.5 Å². The summed E-state index contributed by atoms with van der Waals surface area (Å²) in [5.74, 6) is 2.55. The quantitative estimate of drug-likeness (QED) is 0.160.